The van der Waals surface area contributed by atoms with Crippen LogP contribution in [0.2, 0.25) is 0 Å². The first kappa shape index (κ1) is 26.9. The number of aromatic nitrogens is 2. The van der Waals surface area contributed by atoms with Gasteiger partial charge in [-0.25, -0.2) is 9.97 Å². The summed E-state index contributed by atoms with van der Waals surface area (Å²) in [5, 5.41) is 5.44. The van der Waals surface area contributed by atoms with Crippen LogP contribution in [0.3, 0.4) is 0 Å². The van der Waals surface area contributed by atoms with E-state index in [9.17, 15) is 0 Å². The topological polar surface area (TPSA) is 52.1 Å². The molecule has 3 heterocycles. The Bertz CT molecular complexity index is 2770. The van der Waals surface area contributed by atoms with E-state index in [1.165, 1.54) is 21.9 Å². The highest BCUT2D eigenvalue weighted by molar-refractivity contribution is 6.15. The Hall–Kier alpha value is -6.26. The van der Waals surface area contributed by atoms with Gasteiger partial charge in [0.05, 0.1) is 5.69 Å². The van der Waals surface area contributed by atoms with Crippen molar-refractivity contribution in [1.29, 1.82) is 0 Å². The number of furan rings is 2. The van der Waals surface area contributed by atoms with E-state index in [1.54, 1.807) is 0 Å². The Morgan fingerprint density at radius 1 is 0.542 bits per heavy atom. The summed E-state index contributed by atoms with van der Waals surface area (Å²) < 4.78 is 13.1. The SMILES string of the molecule is C1=CCC(c2nc(-c3cccc4oc5c(-c6ccc7cc(-c8ccccc8)ccc7c6)cccc5c34)nc3c2oc2ccccc23)C=C1. The number of hydrogen-bond donors (Lipinski definition) is 0. The van der Waals surface area contributed by atoms with Crippen molar-refractivity contribution in [3.8, 4) is 33.6 Å². The molecule has 1 unspecified atom stereocenters. The zero-order chi connectivity index (χ0) is 31.6. The highest BCUT2D eigenvalue weighted by Gasteiger charge is 2.24. The predicted octanol–water partition coefficient (Wildman–Crippen LogP) is 12.0. The molecule has 4 nitrogen and oxygen atoms in total. The van der Waals surface area contributed by atoms with Crippen LogP contribution in [0, 0.1) is 0 Å². The van der Waals surface area contributed by atoms with E-state index < -0.39 is 0 Å². The third kappa shape index (κ3) is 4.23. The highest BCUT2D eigenvalue weighted by Crippen LogP contribution is 2.42. The number of hydrogen-bond acceptors (Lipinski definition) is 4. The Kier molecular flexibility index (Phi) is 5.97. The maximum absolute atomic E-state index is 6.68. The molecule has 0 fully saturated rings. The summed E-state index contributed by atoms with van der Waals surface area (Å²) in [5.74, 6) is 0.772. The molecule has 0 saturated heterocycles. The smallest absolute Gasteiger partial charge is 0.176 e. The van der Waals surface area contributed by atoms with Crippen molar-refractivity contribution in [1.82, 2.24) is 9.97 Å². The van der Waals surface area contributed by atoms with Gasteiger partial charge in [-0.3, -0.25) is 0 Å². The van der Waals surface area contributed by atoms with Gasteiger partial charge >= 0.3 is 0 Å². The Morgan fingerprint density at radius 2 is 1.27 bits per heavy atom. The summed E-state index contributed by atoms with van der Waals surface area (Å²) in [4.78, 5) is 10.4. The van der Waals surface area contributed by atoms with Crippen LogP contribution < -0.4 is 0 Å². The third-order valence-corrected chi connectivity index (χ3v) is 9.60. The lowest BCUT2D eigenvalue weighted by Gasteiger charge is -2.14. The summed E-state index contributed by atoms with van der Waals surface area (Å²) in [6.45, 7) is 0. The first-order chi connectivity index (χ1) is 23.8. The normalized spacial score (nSPS) is 14.6. The van der Waals surface area contributed by atoms with Crippen LogP contribution in [-0.4, -0.2) is 9.97 Å². The average molecular weight is 617 g/mol. The van der Waals surface area contributed by atoms with Crippen LogP contribution in [0.5, 0.6) is 0 Å². The third-order valence-electron chi connectivity index (χ3n) is 9.60. The van der Waals surface area contributed by atoms with Crippen LogP contribution >= 0.6 is 0 Å². The molecule has 1 atom stereocenters. The van der Waals surface area contributed by atoms with Gasteiger partial charge in [0.25, 0.3) is 0 Å². The molecule has 1 aliphatic rings. The van der Waals surface area contributed by atoms with Gasteiger partial charge in [-0.2, -0.15) is 0 Å². The minimum Gasteiger partial charge on any atom is -0.455 e. The van der Waals surface area contributed by atoms with Gasteiger partial charge in [0.15, 0.2) is 11.4 Å². The van der Waals surface area contributed by atoms with E-state index >= 15 is 0 Å². The van der Waals surface area contributed by atoms with Gasteiger partial charge in [0.1, 0.15) is 22.3 Å². The fraction of sp³-hybridized carbons (Fsp3) is 0.0455. The Balaban J connectivity index is 1.15. The Morgan fingerprint density at radius 3 is 2.15 bits per heavy atom. The molecule has 0 amide bonds. The van der Waals surface area contributed by atoms with E-state index in [-0.39, 0.29) is 5.92 Å². The number of rotatable bonds is 4. The molecule has 0 aliphatic heterocycles. The largest absolute Gasteiger partial charge is 0.455 e. The van der Waals surface area contributed by atoms with Crippen LogP contribution in [0.1, 0.15) is 18.0 Å². The van der Waals surface area contributed by atoms with E-state index in [4.69, 9.17) is 18.8 Å². The summed E-state index contributed by atoms with van der Waals surface area (Å²) >= 11 is 0. The van der Waals surface area contributed by atoms with Crippen LogP contribution in [0.25, 0.3) is 88.4 Å². The van der Waals surface area contributed by atoms with E-state index in [0.29, 0.717) is 5.82 Å². The minimum atomic E-state index is 0.100. The molecule has 0 saturated carbocycles. The fourth-order valence-electron chi connectivity index (χ4n) is 7.25. The zero-order valence-corrected chi connectivity index (χ0v) is 25.9. The van der Waals surface area contributed by atoms with Crippen LogP contribution in [0.15, 0.2) is 161 Å². The number of allylic oxidation sites excluding steroid dienone is 4. The lowest BCUT2D eigenvalue weighted by atomic mass is 9.95. The molecule has 9 aromatic rings. The lowest BCUT2D eigenvalue weighted by molar-refractivity contribution is 0.649. The molecule has 226 valence electrons. The number of nitrogens with zero attached hydrogens (tertiary/aromatic N) is 2. The second-order valence-corrected chi connectivity index (χ2v) is 12.5. The second kappa shape index (κ2) is 10.6. The molecule has 0 bridgehead atoms. The first-order valence-electron chi connectivity index (χ1n) is 16.4. The summed E-state index contributed by atoms with van der Waals surface area (Å²) in [6, 6.07) is 44.5. The van der Waals surface area contributed by atoms with Crippen molar-refractivity contribution in [2.24, 2.45) is 0 Å². The van der Waals surface area contributed by atoms with Gasteiger partial charge < -0.3 is 8.83 Å². The van der Waals surface area contributed by atoms with E-state index in [1.807, 2.05) is 30.3 Å². The van der Waals surface area contributed by atoms with Gasteiger partial charge in [-0.15, -0.1) is 0 Å². The minimum absolute atomic E-state index is 0.100. The van der Waals surface area contributed by atoms with Gasteiger partial charge in [-0.05, 0) is 64.2 Å². The van der Waals surface area contributed by atoms with E-state index in [2.05, 4.69) is 121 Å². The quantitative estimate of drug-likeness (QED) is 0.197. The fourth-order valence-corrected chi connectivity index (χ4v) is 7.25. The molecule has 0 radical (unpaired) electrons. The summed E-state index contributed by atoms with van der Waals surface area (Å²) in [6.07, 6.45) is 9.42. The van der Waals surface area contributed by atoms with Gasteiger partial charge in [0, 0.05) is 33.2 Å². The zero-order valence-electron chi connectivity index (χ0n) is 25.9. The number of benzene rings is 6. The van der Waals surface area contributed by atoms with Crippen molar-refractivity contribution >= 4 is 54.8 Å². The predicted molar refractivity (Wildman–Crippen MR) is 196 cm³/mol. The molecular weight excluding hydrogens is 588 g/mol. The maximum Gasteiger partial charge on any atom is 0.176 e. The molecule has 3 aromatic heterocycles. The van der Waals surface area contributed by atoms with Gasteiger partial charge in [-0.1, -0.05) is 121 Å². The number of fused-ring (bicyclic) bond motifs is 7. The molecule has 1 aliphatic carbocycles. The summed E-state index contributed by atoms with van der Waals surface area (Å²) in [7, 11) is 0. The van der Waals surface area contributed by atoms with Crippen molar-refractivity contribution in [3.63, 3.8) is 0 Å². The molecule has 4 heteroatoms. The first-order valence-corrected chi connectivity index (χ1v) is 16.4. The van der Waals surface area contributed by atoms with Crippen LogP contribution in [-0.2, 0) is 0 Å². The second-order valence-electron chi connectivity index (χ2n) is 12.5. The molecule has 48 heavy (non-hydrogen) atoms. The average Bonchev–Trinajstić information content (AvgIpc) is 3.73. The number of para-hydroxylation sites is 2. The standard InChI is InChI=1S/C44H28N2O2/c1-3-11-27(12-4-1)29-21-22-31-26-32(24-23-30(31)25-29)33-16-9-17-35-39-36(18-10-20-38(39)48-42(33)35)44-45-40(28-13-5-2-6-14-28)43-41(46-44)34-15-7-8-19-37(34)47-43/h1-13,15-26,28H,14H2. The van der Waals surface area contributed by atoms with Crippen molar-refractivity contribution in [2.45, 2.75) is 12.3 Å². The summed E-state index contributed by atoms with van der Waals surface area (Å²) in [5.41, 5.74) is 10.5. The molecule has 0 N–H and O–H groups in total. The maximum atomic E-state index is 6.68. The van der Waals surface area contributed by atoms with Crippen molar-refractivity contribution in [2.75, 3.05) is 0 Å². The van der Waals surface area contributed by atoms with Crippen LogP contribution in [0.4, 0.5) is 0 Å². The molecular formula is C44H28N2O2. The molecule has 10 rings (SSSR count). The lowest BCUT2D eigenvalue weighted by Crippen LogP contribution is -2.03. The molecule has 6 aromatic carbocycles. The molecule has 0 spiro atoms. The van der Waals surface area contributed by atoms with E-state index in [0.717, 1.165) is 72.8 Å². The van der Waals surface area contributed by atoms with Crippen molar-refractivity contribution < 1.29 is 8.83 Å². The monoisotopic (exact) mass is 616 g/mol. The van der Waals surface area contributed by atoms with Crippen molar-refractivity contribution in [3.05, 3.63) is 157 Å². The van der Waals surface area contributed by atoms with Gasteiger partial charge in [0.2, 0.25) is 0 Å². The Labute approximate surface area is 276 Å². The highest BCUT2D eigenvalue weighted by atomic mass is 16.3.